The summed E-state index contributed by atoms with van der Waals surface area (Å²) in [6, 6.07) is 5.82. The number of fused-ring (bicyclic) bond motifs is 1. The Morgan fingerprint density at radius 1 is 1.48 bits per heavy atom. The Morgan fingerprint density at radius 3 is 2.96 bits per heavy atom. The highest BCUT2D eigenvalue weighted by Gasteiger charge is 2.17. The fourth-order valence-electron chi connectivity index (χ4n) is 2.37. The van der Waals surface area contributed by atoms with Gasteiger partial charge in [-0.05, 0) is 38.0 Å². The van der Waals surface area contributed by atoms with E-state index in [9.17, 15) is 5.26 Å². The zero-order chi connectivity index (χ0) is 16.4. The fraction of sp³-hybridized carbons (Fsp3) is 0.312. The SMILES string of the molecule is Cc1c(CC(C)N)sc2c(NCc3ccco3)nc(C#N)nc12. The summed E-state index contributed by atoms with van der Waals surface area (Å²) < 4.78 is 6.27. The second-order valence-corrected chi connectivity index (χ2v) is 6.56. The highest BCUT2D eigenvalue weighted by Crippen LogP contribution is 2.34. The Labute approximate surface area is 138 Å². The van der Waals surface area contributed by atoms with Gasteiger partial charge in [0.15, 0.2) is 0 Å². The minimum atomic E-state index is 0.0738. The molecule has 3 aromatic heterocycles. The topological polar surface area (TPSA) is 101 Å². The average Bonchev–Trinajstić information content (AvgIpc) is 3.14. The van der Waals surface area contributed by atoms with Crippen molar-refractivity contribution in [2.24, 2.45) is 5.73 Å². The van der Waals surface area contributed by atoms with Crippen molar-refractivity contribution >= 4 is 27.4 Å². The molecule has 0 saturated carbocycles. The first kappa shape index (κ1) is 15.5. The van der Waals surface area contributed by atoms with E-state index in [4.69, 9.17) is 10.2 Å². The van der Waals surface area contributed by atoms with Gasteiger partial charge in [-0.3, -0.25) is 0 Å². The summed E-state index contributed by atoms with van der Waals surface area (Å²) in [5, 5.41) is 12.4. The van der Waals surface area contributed by atoms with Gasteiger partial charge in [-0.2, -0.15) is 5.26 Å². The Balaban J connectivity index is 2.02. The van der Waals surface area contributed by atoms with Crippen LogP contribution in [-0.2, 0) is 13.0 Å². The van der Waals surface area contributed by atoms with E-state index in [1.807, 2.05) is 32.0 Å². The quantitative estimate of drug-likeness (QED) is 0.747. The number of nitriles is 1. The van der Waals surface area contributed by atoms with Crippen molar-refractivity contribution in [1.82, 2.24) is 9.97 Å². The van der Waals surface area contributed by atoms with Crippen molar-refractivity contribution in [1.29, 1.82) is 5.26 Å². The molecular weight excluding hydrogens is 310 g/mol. The van der Waals surface area contributed by atoms with Gasteiger partial charge in [0.1, 0.15) is 17.6 Å². The van der Waals surface area contributed by atoms with Crippen molar-refractivity contribution in [3.63, 3.8) is 0 Å². The van der Waals surface area contributed by atoms with E-state index < -0.39 is 0 Å². The van der Waals surface area contributed by atoms with Crippen LogP contribution in [0.5, 0.6) is 0 Å². The number of aryl methyl sites for hydroxylation is 1. The van der Waals surface area contributed by atoms with E-state index in [1.54, 1.807) is 17.6 Å². The summed E-state index contributed by atoms with van der Waals surface area (Å²) in [4.78, 5) is 9.85. The van der Waals surface area contributed by atoms with Crippen LogP contribution in [0.25, 0.3) is 10.2 Å². The minimum Gasteiger partial charge on any atom is -0.467 e. The van der Waals surface area contributed by atoms with Gasteiger partial charge in [0.2, 0.25) is 5.82 Å². The van der Waals surface area contributed by atoms with Crippen LogP contribution in [0.1, 0.15) is 28.9 Å². The molecule has 3 N–H and O–H groups in total. The predicted octanol–water partition coefficient (Wildman–Crippen LogP) is 2.97. The van der Waals surface area contributed by atoms with E-state index in [1.165, 1.54) is 4.88 Å². The van der Waals surface area contributed by atoms with Crippen molar-refractivity contribution in [2.45, 2.75) is 32.9 Å². The summed E-state index contributed by atoms with van der Waals surface area (Å²) in [5.41, 5.74) is 7.81. The molecule has 0 aliphatic carbocycles. The summed E-state index contributed by atoms with van der Waals surface area (Å²) in [6.45, 7) is 4.50. The van der Waals surface area contributed by atoms with Crippen LogP contribution in [0.2, 0.25) is 0 Å². The zero-order valence-corrected chi connectivity index (χ0v) is 13.8. The third kappa shape index (κ3) is 3.18. The number of nitrogens with two attached hydrogens (primary N) is 1. The monoisotopic (exact) mass is 327 g/mol. The number of furan rings is 1. The molecule has 6 nitrogen and oxygen atoms in total. The first-order valence-corrected chi connectivity index (χ1v) is 8.12. The normalized spacial score (nSPS) is 12.3. The van der Waals surface area contributed by atoms with Crippen LogP contribution in [0.4, 0.5) is 5.82 Å². The number of thiophene rings is 1. The van der Waals surface area contributed by atoms with E-state index in [0.717, 1.165) is 28.0 Å². The van der Waals surface area contributed by atoms with Gasteiger partial charge in [0.25, 0.3) is 0 Å². The largest absolute Gasteiger partial charge is 0.467 e. The van der Waals surface area contributed by atoms with Crippen molar-refractivity contribution < 1.29 is 4.42 Å². The molecule has 3 heterocycles. The zero-order valence-electron chi connectivity index (χ0n) is 13.0. The van der Waals surface area contributed by atoms with Crippen LogP contribution in [-0.4, -0.2) is 16.0 Å². The van der Waals surface area contributed by atoms with Gasteiger partial charge in [-0.25, -0.2) is 9.97 Å². The molecule has 1 atom stereocenters. The van der Waals surface area contributed by atoms with Crippen LogP contribution in [0.3, 0.4) is 0 Å². The Bertz CT molecular complexity index is 861. The molecule has 23 heavy (non-hydrogen) atoms. The van der Waals surface area contributed by atoms with Gasteiger partial charge in [0.05, 0.1) is 23.0 Å². The minimum absolute atomic E-state index is 0.0738. The van der Waals surface area contributed by atoms with Crippen LogP contribution in [0, 0.1) is 18.3 Å². The maximum atomic E-state index is 9.18. The third-order valence-corrected chi connectivity index (χ3v) is 4.79. The molecule has 3 aromatic rings. The van der Waals surface area contributed by atoms with E-state index in [0.29, 0.717) is 12.4 Å². The smallest absolute Gasteiger partial charge is 0.234 e. The lowest BCUT2D eigenvalue weighted by atomic mass is 10.1. The van der Waals surface area contributed by atoms with Crippen molar-refractivity contribution in [3.8, 4) is 6.07 Å². The first-order valence-electron chi connectivity index (χ1n) is 7.30. The average molecular weight is 327 g/mol. The highest BCUT2D eigenvalue weighted by atomic mass is 32.1. The van der Waals surface area contributed by atoms with Crippen LogP contribution >= 0.6 is 11.3 Å². The maximum Gasteiger partial charge on any atom is 0.234 e. The second kappa shape index (κ2) is 6.36. The number of nitrogens with zero attached hydrogens (tertiary/aromatic N) is 3. The molecule has 0 amide bonds. The molecule has 0 aliphatic rings. The van der Waals surface area contributed by atoms with E-state index >= 15 is 0 Å². The van der Waals surface area contributed by atoms with Gasteiger partial charge in [-0.1, -0.05) is 0 Å². The van der Waals surface area contributed by atoms with E-state index in [2.05, 4.69) is 15.3 Å². The molecule has 1 unspecified atom stereocenters. The Morgan fingerprint density at radius 2 is 2.30 bits per heavy atom. The summed E-state index contributed by atoms with van der Waals surface area (Å²) >= 11 is 1.63. The van der Waals surface area contributed by atoms with Crippen molar-refractivity contribution in [2.75, 3.05) is 5.32 Å². The molecule has 0 radical (unpaired) electrons. The molecule has 0 aliphatic heterocycles. The molecule has 0 saturated heterocycles. The van der Waals surface area contributed by atoms with Gasteiger partial charge in [0, 0.05) is 10.9 Å². The van der Waals surface area contributed by atoms with Gasteiger partial charge in [-0.15, -0.1) is 11.3 Å². The summed E-state index contributed by atoms with van der Waals surface area (Å²) in [5.74, 6) is 1.62. The maximum absolute atomic E-state index is 9.18. The fourth-order valence-corrected chi connectivity index (χ4v) is 3.73. The third-order valence-electron chi connectivity index (χ3n) is 3.48. The molecule has 0 bridgehead atoms. The highest BCUT2D eigenvalue weighted by molar-refractivity contribution is 7.19. The number of anilines is 1. The Kier molecular flexibility index (Phi) is 4.28. The predicted molar refractivity (Wildman–Crippen MR) is 90.3 cm³/mol. The number of aromatic nitrogens is 2. The number of hydrogen-bond donors (Lipinski definition) is 2. The van der Waals surface area contributed by atoms with Crippen LogP contribution < -0.4 is 11.1 Å². The molecule has 3 rings (SSSR count). The number of rotatable bonds is 5. The van der Waals surface area contributed by atoms with Crippen LogP contribution in [0.15, 0.2) is 22.8 Å². The van der Waals surface area contributed by atoms with E-state index in [-0.39, 0.29) is 11.9 Å². The summed E-state index contributed by atoms with van der Waals surface area (Å²) in [7, 11) is 0. The number of hydrogen-bond acceptors (Lipinski definition) is 7. The lowest BCUT2D eigenvalue weighted by Gasteiger charge is -2.05. The van der Waals surface area contributed by atoms with Gasteiger partial charge < -0.3 is 15.5 Å². The second-order valence-electron chi connectivity index (χ2n) is 5.45. The lowest BCUT2D eigenvalue weighted by Crippen LogP contribution is -2.17. The Hall–Kier alpha value is -2.43. The molecule has 7 heteroatoms. The molecule has 0 spiro atoms. The molecule has 0 fully saturated rings. The van der Waals surface area contributed by atoms with Gasteiger partial charge >= 0.3 is 0 Å². The molecule has 0 aromatic carbocycles. The summed E-state index contributed by atoms with van der Waals surface area (Å²) in [6.07, 6.45) is 2.41. The standard InChI is InChI=1S/C16H17N5OS/c1-9(18)6-12-10(2)14-15(23-12)16(21-13(7-17)20-14)19-8-11-4-3-5-22-11/h3-5,9H,6,8,18H2,1-2H3,(H,19,20,21). The molecule has 118 valence electrons. The first-order chi connectivity index (χ1) is 11.1. The lowest BCUT2D eigenvalue weighted by molar-refractivity contribution is 0.518. The number of nitrogens with one attached hydrogen (secondary N) is 1. The van der Waals surface area contributed by atoms with Crippen molar-refractivity contribution in [3.05, 3.63) is 40.4 Å². The molecular formula is C16H17N5OS.